The van der Waals surface area contributed by atoms with Crippen molar-refractivity contribution in [1.29, 1.82) is 0 Å². The van der Waals surface area contributed by atoms with Crippen molar-refractivity contribution in [2.45, 2.75) is 0 Å². The minimum Gasteiger partial charge on any atom is -0.244 e. The second kappa shape index (κ2) is 9.14. The van der Waals surface area contributed by atoms with Crippen LogP contribution in [0, 0.1) is 0 Å². The monoisotopic (exact) mass is 508 g/mol. The summed E-state index contributed by atoms with van der Waals surface area (Å²) < 4.78 is 0. The van der Waals surface area contributed by atoms with Crippen molar-refractivity contribution in [2.24, 2.45) is 0 Å². The molecule has 0 saturated carbocycles. The highest BCUT2D eigenvalue weighted by Crippen LogP contribution is 2.35. The summed E-state index contributed by atoms with van der Waals surface area (Å²) in [4.78, 5) is 10.3. The molecule has 2 nitrogen and oxygen atoms in total. The minimum absolute atomic E-state index is 0.893. The van der Waals surface area contributed by atoms with Crippen molar-refractivity contribution in [3.63, 3.8) is 0 Å². The van der Waals surface area contributed by atoms with Crippen LogP contribution >= 0.6 is 0 Å². The molecule has 0 atom stereocenters. The maximum absolute atomic E-state index is 5.14. The van der Waals surface area contributed by atoms with Gasteiger partial charge in [-0.3, -0.25) is 0 Å². The van der Waals surface area contributed by atoms with Gasteiger partial charge in [0.15, 0.2) is 0 Å². The van der Waals surface area contributed by atoms with Crippen molar-refractivity contribution in [3.8, 4) is 33.6 Å². The molecule has 0 aliphatic rings. The number of para-hydroxylation sites is 2. The predicted octanol–water partition coefficient (Wildman–Crippen LogP) is 10.1. The first-order valence-electron chi connectivity index (χ1n) is 13.6. The smallest absolute Gasteiger partial charge is 0.0973 e. The molecule has 8 aromatic rings. The average molecular weight is 509 g/mol. The van der Waals surface area contributed by atoms with Gasteiger partial charge in [-0.2, -0.15) is 0 Å². The van der Waals surface area contributed by atoms with Crippen LogP contribution in [0.15, 0.2) is 146 Å². The van der Waals surface area contributed by atoms with E-state index in [0.717, 1.165) is 33.5 Å². The van der Waals surface area contributed by atoms with Crippen molar-refractivity contribution in [2.75, 3.05) is 0 Å². The number of hydrogen-bond acceptors (Lipinski definition) is 2. The van der Waals surface area contributed by atoms with Gasteiger partial charge in [0.05, 0.1) is 22.4 Å². The summed E-state index contributed by atoms with van der Waals surface area (Å²) in [7, 11) is 0. The summed E-state index contributed by atoms with van der Waals surface area (Å²) in [6.45, 7) is 0. The third kappa shape index (κ3) is 3.81. The van der Waals surface area contributed by atoms with E-state index in [0.29, 0.717) is 0 Å². The van der Waals surface area contributed by atoms with Crippen molar-refractivity contribution < 1.29 is 0 Å². The van der Waals surface area contributed by atoms with Crippen LogP contribution in [-0.2, 0) is 0 Å². The Morgan fingerprint density at radius 1 is 0.300 bits per heavy atom. The third-order valence-corrected chi connectivity index (χ3v) is 7.83. The van der Waals surface area contributed by atoms with Gasteiger partial charge in [-0.1, -0.05) is 121 Å². The Kier molecular flexibility index (Phi) is 5.17. The van der Waals surface area contributed by atoms with Crippen molar-refractivity contribution >= 4 is 43.4 Å². The molecule has 0 unspecified atom stereocenters. The maximum Gasteiger partial charge on any atom is 0.0973 e. The van der Waals surface area contributed by atoms with Gasteiger partial charge in [-0.25, -0.2) is 9.97 Å². The van der Waals surface area contributed by atoms with Gasteiger partial charge in [0, 0.05) is 11.1 Å². The van der Waals surface area contributed by atoms with Gasteiger partial charge < -0.3 is 0 Å². The van der Waals surface area contributed by atoms with Gasteiger partial charge in [0.1, 0.15) is 0 Å². The van der Waals surface area contributed by atoms with E-state index >= 15 is 0 Å². The van der Waals surface area contributed by atoms with Gasteiger partial charge in [-0.05, 0) is 67.7 Å². The van der Waals surface area contributed by atoms with Crippen LogP contribution in [-0.4, -0.2) is 9.97 Å². The lowest BCUT2D eigenvalue weighted by Gasteiger charge is -2.13. The number of fused-ring (bicyclic) bond motifs is 5. The summed E-state index contributed by atoms with van der Waals surface area (Å²) >= 11 is 0. The summed E-state index contributed by atoms with van der Waals surface area (Å²) in [5.74, 6) is 0. The van der Waals surface area contributed by atoms with E-state index in [4.69, 9.17) is 9.97 Å². The summed E-state index contributed by atoms with van der Waals surface area (Å²) in [6.07, 6.45) is 0. The van der Waals surface area contributed by atoms with Gasteiger partial charge in [0.2, 0.25) is 0 Å². The molecule has 8 rings (SSSR count). The van der Waals surface area contributed by atoms with E-state index in [2.05, 4.69) is 121 Å². The van der Waals surface area contributed by atoms with Crippen LogP contribution in [0.1, 0.15) is 0 Å². The molecule has 2 heteroatoms. The van der Waals surface area contributed by atoms with Gasteiger partial charge in [-0.15, -0.1) is 0 Å². The van der Waals surface area contributed by atoms with Crippen molar-refractivity contribution in [1.82, 2.24) is 9.97 Å². The van der Waals surface area contributed by atoms with Gasteiger partial charge in [0.25, 0.3) is 0 Å². The fraction of sp³-hybridized carbons (Fsp3) is 0. The molecule has 40 heavy (non-hydrogen) atoms. The first kappa shape index (κ1) is 22.6. The van der Waals surface area contributed by atoms with Crippen molar-refractivity contribution in [3.05, 3.63) is 146 Å². The van der Waals surface area contributed by atoms with Crippen LogP contribution < -0.4 is 0 Å². The summed E-state index contributed by atoms with van der Waals surface area (Å²) in [5.41, 5.74) is 8.08. The predicted molar refractivity (Wildman–Crippen MR) is 168 cm³/mol. The molecule has 0 radical (unpaired) electrons. The topological polar surface area (TPSA) is 25.8 Å². The number of aromatic nitrogens is 2. The van der Waals surface area contributed by atoms with E-state index in [1.807, 2.05) is 24.3 Å². The number of nitrogens with zero attached hydrogens (tertiary/aromatic N) is 2. The van der Waals surface area contributed by atoms with E-state index in [1.165, 1.54) is 43.4 Å². The van der Waals surface area contributed by atoms with E-state index in [9.17, 15) is 0 Å². The number of hydrogen-bond donors (Lipinski definition) is 0. The van der Waals surface area contributed by atoms with Crippen LogP contribution in [0.3, 0.4) is 0 Å². The third-order valence-electron chi connectivity index (χ3n) is 7.83. The zero-order chi connectivity index (χ0) is 26.5. The lowest BCUT2D eigenvalue weighted by Crippen LogP contribution is -1.95. The van der Waals surface area contributed by atoms with Crippen LogP contribution in [0.5, 0.6) is 0 Å². The fourth-order valence-corrected chi connectivity index (χ4v) is 5.75. The SMILES string of the molecule is c1ccc2cc(-c3ccc(-c4nc5ccccc5nc4-c4ccc5c(ccc6ccccc65)c4)cc3)ccc2c1. The van der Waals surface area contributed by atoms with Gasteiger partial charge >= 0.3 is 0 Å². The molecule has 0 N–H and O–H groups in total. The Morgan fingerprint density at radius 2 is 0.800 bits per heavy atom. The Balaban J connectivity index is 1.27. The molecule has 0 spiro atoms. The second-order valence-corrected chi connectivity index (χ2v) is 10.3. The zero-order valence-corrected chi connectivity index (χ0v) is 21.8. The molecular weight excluding hydrogens is 484 g/mol. The molecular formula is C38H24N2. The lowest BCUT2D eigenvalue weighted by molar-refractivity contribution is 1.29. The average Bonchev–Trinajstić information content (AvgIpc) is 3.03. The molecule has 0 amide bonds. The van der Waals surface area contributed by atoms with Crippen LogP contribution in [0.25, 0.3) is 77.0 Å². The Morgan fingerprint density at radius 3 is 1.60 bits per heavy atom. The highest BCUT2D eigenvalue weighted by Gasteiger charge is 2.15. The molecule has 0 saturated heterocycles. The normalized spacial score (nSPS) is 11.5. The standard InChI is InChI=1S/C38H24N2/c1-2-9-29-23-30(19-15-25(29)7-1)26-13-17-28(18-14-26)37-38(40-36-12-6-5-11-35(36)39-37)32-21-22-34-31(24-32)20-16-27-8-3-4-10-33(27)34/h1-24H. The molecule has 0 fully saturated rings. The Bertz CT molecular complexity index is 2210. The van der Waals surface area contributed by atoms with E-state index in [1.54, 1.807) is 0 Å². The largest absolute Gasteiger partial charge is 0.244 e. The fourth-order valence-electron chi connectivity index (χ4n) is 5.75. The molecule has 0 aliphatic heterocycles. The van der Waals surface area contributed by atoms with E-state index in [-0.39, 0.29) is 0 Å². The molecule has 0 aliphatic carbocycles. The molecule has 1 aromatic heterocycles. The lowest BCUT2D eigenvalue weighted by atomic mass is 9.96. The molecule has 186 valence electrons. The van der Waals surface area contributed by atoms with Crippen LogP contribution in [0.4, 0.5) is 0 Å². The Labute approximate surface area is 232 Å². The first-order chi connectivity index (χ1) is 19.8. The number of rotatable bonds is 3. The highest BCUT2D eigenvalue weighted by molar-refractivity contribution is 6.08. The Hall–Kier alpha value is -5.34. The number of benzene rings is 7. The van der Waals surface area contributed by atoms with E-state index < -0.39 is 0 Å². The summed E-state index contributed by atoms with van der Waals surface area (Å²) in [6, 6.07) is 51.5. The quantitative estimate of drug-likeness (QED) is 0.222. The van der Waals surface area contributed by atoms with Crippen LogP contribution in [0.2, 0.25) is 0 Å². The second-order valence-electron chi connectivity index (χ2n) is 10.3. The molecule has 1 heterocycles. The zero-order valence-electron chi connectivity index (χ0n) is 21.8. The minimum atomic E-state index is 0.893. The molecule has 0 bridgehead atoms. The maximum atomic E-state index is 5.14. The highest BCUT2D eigenvalue weighted by atomic mass is 14.8. The molecule has 7 aromatic carbocycles. The summed E-state index contributed by atoms with van der Waals surface area (Å²) in [5, 5.41) is 7.46. The first-order valence-corrected chi connectivity index (χ1v) is 13.6.